The maximum Gasteiger partial charge on any atom is 0.352 e. The van der Waals surface area contributed by atoms with Crippen molar-refractivity contribution in [2.24, 2.45) is 5.92 Å². The molecule has 0 aromatic rings. The molecule has 3 heteroatoms. The maximum atomic E-state index is 11.8. The first-order valence-electron chi connectivity index (χ1n) is 7.08. The summed E-state index contributed by atoms with van der Waals surface area (Å²) in [5.74, 6) is -0.00310. The van der Waals surface area contributed by atoms with Crippen molar-refractivity contribution < 1.29 is 9.63 Å². The van der Waals surface area contributed by atoms with Crippen LogP contribution in [0.5, 0.6) is 0 Å². The predicted octanol–water partition coefficient (Wildman–Crippen LogP) is 3.95. The van der Waals surface area contributed by atoms with Crippen molar-refractivity contribution in [1.82, 2.24) is 5.06 Å². The number of unbranched alkanes of at least 4 members (excludes halogenated alkanes) is 5. The molecule has 0 rings (SSSR count). The summed E-state index contributed by atoms with van der Waals surface area (Å²) in [4.78, 5) is 16.9. The van der Waals surface area contributed by atoms with Crippen LogP contribution >= 0.6 is 0 Å². The van der Waals surface area contributed by atoms with E-state index in [9.17, 15) is 4.79 Å². The topological polar surface area (TPSA) is 29.5 Å². The van der Waals surface area contributed by atoms with Crippen LogP contribution in [0.15, 0.2) is 11.6 Å². The van der Waals surface area contributed by atoms with Crippen LogP contribution in [-0.4, -0.2) is 25.1 Å². The Balaban J connectivity index is 4.12. The zero-order valence-electron chi connectivity index (χ0n) is 12.7. The number of allylic oxidation sites excluding steroid dienone is 1. The molecule has 0 aliphatic carbocycles. The predicted molar refractivity (Wildman–Crippen MR) is 76.1 cm³/mol. The van der Waals surface area contributed by atoms with Crippen molar-refractivity contribution in [3.05, 3.63) is 11.6 Å². The summed E-state index contributed by atoms with van der Waals surface area (Å²) >= 11 is 0. The van der Waals surface area contributed by atoms with Crippen molar-refractivity contribution in [1.29, 1.82) is 0 Å². The van der Waals surface area contributed by atoms with Crippen molar-refractivity contribution in [3.8, 4) is 0 Å². The Morgan fingerprint density at radius 2 is 1.78 bits per heavy atom. The summed E-state index contributed by atoms with van der Waals surface area (Å²) < 4.78 is 0. The van der Waals surface area contributed by atoms with Gasteiger partial charge in [0.2, 0.25) is 0 Å². The molecule has 0 fully saturated rings. The van der Waals surface area contributed by atoms with Gasteiger partial charge in [-0.05, 0) is 18.8 Å². The van der Waals surface area contributed by atoms with Gasteiger partial charge >= 0.3 is 5.97 Å². The van der Waals surface area contributed by atoms with Crippen LogP contribution in [0.3, 0.4) is 0 Å². The first-order valence-corrected chi connectivity index (χ1v) is 7.08. The normalized spacial score (nSPS) is 12.3. The van der Waals surface area contributed by atoms with E-state index in [1.807, 2.05) is 19.9 Å². The molecule has 3 nitrogen and oxygen atoms in total. The Labute approximate surface area is 112 Å². The quantitative estimate of drug-likeness (QED) is 0.355. The van der Waals surface area contributed by atoms with E-state index in [2.05, 4.69) is 6.92 Å². The lowest BCUT2D eigenvalue weighted by Crippen LogP contribution is -2.21. The molecule has 0 saturated heterocycles. The SMILES string of the molecule is CCCCCCC/C=C(/C(=O)ON(C)C)C(C)C. The molecule has 0 spiro atoms. The summed E-state index contributed by atoms with van der Waals surface area (Å²) in [7, 11) is 3.45. The highest BCUT2D eigenvalue weighted by Crippen LogP contribution is 2.15. The van der Waals surface area contributed by atoms with E-state index in [1.165, 1.54) is 30.7 Å². The number of hydrogen-bond donors (Lipinski definition) is 0. The Hall–Kier alpha value is -0.830. The van der Waals surface area contributed by atoms with Crippen LogP contribution in [0, 0.1) is 5.92 Å². The van der Waals surface area contributed by atoms with Crippen LogP contribution in [0.1, 0.15) is 59.3 Å². The zero-order chi connectivity index (χ0) is 14.0. The third kappa shape index (κ3) is 8.29. The van der Waals surface area contributed by atoms with E-state index >= 15 is 0 Å². The molecule has 106 valence electrons. The summed E-state index contributed by atoms with van der Waals surface area (Å²) in [6, 6.07) is 0. The lowest BCUT2D eigenvalue weighted by molar-refractivity contribution is -0.173. The summed E-state index contributed by atoms with van der Waals surface area (Å²) in [6.45, 7) is 6.27. The van der Waals surface area contributed by atoms with E-state index in [0.29, 0.717) is 0 Å². The molecule has 0 aromatic heterocycles. The van der Waals surface area contributed by atoms with E-state index in [0.717, 1.165) is 18.4 Å². The monoisotopic (exact) mass is 255 g/mol. The highest BCUT2D eigenvalue weighted by Gasteiger charge is 2.15. The van der Waals surface area contributed by atoms with Gasteiger partial charge in [-0.25, -0.2) is 4.79 Å². The van der Waals surface area contributed by atoms with Crippen LogP contribution in [0.2, 0.25) is 0 Å². The number of rotatable bonds is 9. The van der Waals surface area contributed by atoms with Gasteiger partial charge in [-0.1, -0.05) is 52.5 Å². The van der Waals surface area contributed by atoms with Crippen molar-refractivity contribution in [2.75, 3.05) is 14.1 Å². The third-order valence-electron chi connectivity index (χ3n) is 2.80. The van der Waals surface area contributed by atoms with Gasteiger partial charge in [-0.2, -0.15) is 0 Å². The van der Waals surface area contributed by atoms with Gasteiger partial charge in [0.1, 0.15) is 0 Å². The van der Waals surface area contributed by atoms with E-state index in [4.69, 9.17) is 4.84 Å². The smallest absolute Gasteiger partial charge is 0.352 e. The molecule has 0 unspecified atom stereocenters. The Morgan fingerprint density at radius 1 is 1.17 bits per heavy atom. The molecular formula is C15H29NO2. The van der Waals surface area contributed by atoms with E-state index in [1.54, 1.807) is 14.1 Å². The molecule has 0 aromatic carbocycles. The fourth-order valence-corrected chi connectivity index (χ4v) is 1.78. The van der Waals surface area contributed by atoms with Gasteiger partial charge in [0.15, 0.2) is 0 Å². The van der Waals surface area contributed by atoms with Gasteiger partial charge in [0.05, 0.1) is 0 Å². The number of carbonyl (C=O) groups is 1. The second kappa shape index (κ2) is 10.1. The third-order valence-corrected chi connectivity index (χ3v) is 2.80. The summed E-state index contributed by atoms with van der Waals surface area (Å²) in [5.41, 5.74) is 0.791. The summed E-state index contributed by atoms with van der Waals surface area (Å²) in [6.07, 6.45) is 9.29. The number of carbonyl (C=O) groups excluding carboxylic acids is 1. The molecule has 18 heavy (non-hydrogen) atoms. The number of hydroxylamine groups is 2. The average molecular weight is 255 g/mol. The summed E-state index contributed by atoms with van der Waals surface area (Å²) in [5, 5.41) is 1.44. The van der Waals surface area contributed by atoms with E-state index < -0.39 is 0 Å². The molecule has 0 radical (unpaired) electrons. The minimum Gasteiger partial charge on any atom is -0.365 e. The lowest BCUT2D eigenvalue weighted by Gasteiger charge is -2.14. The molecule has 0 N–H and O–H groups in total. The largest absolute Gasteiger partial charge is 0.365 e. The minimum atomic E-state index is -0.219. The Kier molecular flexibility index (Phi) is 9.66. The first kappa shape index (κ1) is 17.2. The van der Waals surface area contributed by atoms with Crippen LogP contribution < -0.4 is 0 Å². The van der Waals surface area contributed by atoms with Gasteiger partial charge in [0.25, 0.3) is 0 Å². The average Bonchev–Trinajstić information content (AvgIpc) is 2.26. The maximum absolute atomic E-state index is 11.8. The number of nitrogens with zero attached hydrogens (tertiary/aromatic N) is 1. The second-order valence-corrected chi connectivity index (χ2v) is 5.21. The fourth-order valence-electron chi connectivity index (χ4n) is 1.78. The van der Waals surface area contributed by atoms with Crippen LogP contribution in [0.25, 0.3) is 0 Å². The molecule has 0 aliphatic rings. The molecule has 0 bridgehead atoms. The Morgan fingerprint density at radius 3 is 2.28 bits per heavy atom. The highest BCUT2D eigenvalue weighted by molar-refractivity contribution is 5.88. The van der Waals surface area contributed by atoms with Crippen molar-refractivity contribution in [2.45, 2.75) is 59.3 Å². The molecule has 0 heterocycles. The first-order chi connectivity index (χ1) is 8.49. The van der Waals surface area contributed by atoms with Crippen molar-refractivity contribution in [3.63, 3.8) is 0 Å². The highest BCUT2D eigenvalue weighted by atomic mass is 16.7. The van der Waals surface area contributed by atoms with Crippen LogP contribution in [0.4, 0.5) is 0 Å². The van der Waals surface area contributed by atoms with Gasteiger partial charge < -0.3 is 4.84 Å². The van der Waals surface area contributed by atoms with Crippen LogP contribution in [-0.2, 0) is 9.63 Å². The molecular weight excluding hydrogens is 226 g/mol. The molecule has 0 saturated carbocycles. The van der Waals surface area contributed by atoms with Crippen molar-refractivity contribution >= 4 is 5.97 Å². The van der Waals surface area contributed by atoms with E-state index in [-0.39, 0.29) is 11.9 Å². The Bertz CT molecular complexity index is 257. The fraction of sp³-hybridized carbons (Fsp3) is 0.800. The molecule has 0 aliphatic heterocycles. The second-order valence-electron chi connectivity index (χ2n) is 5.21. The molecule has 0 amide bonds. The standard InChI is InChI=1S/C15H29NO2/c1-6-7-8-9-10-11-12-14(13(2)3)15(17)18-16(4)5/h12-13H,6-11H2,1-5H3/b14-12+. The zero-order valence-corrected chi connectivity index (χ0v) is 12.7. The van der Waals surface area contributed by atoms with Gasteiger partial charge in [0, 0.05) is 19.7 Å². The van der Waals surface area contributed by atoms with Gasteiger partial charge in [-0.15, -0.1) is 5.06 Å². The van der Waals surface area contributed by atoms with Gasteiger partial charge in [-0.3, -0.25) is 0 Å². The minimum absolute atomic E-state index is 0.216. The lowest BCUT2D eigenvalue weighted by atomic mass is 10.0. The molecule has 0 atom stereocenters. The number of hydrogen-bond acceptors (Lipinski definition) is 3.